The molecule has 1 amide bonds. The van der Waals surface area contributed by atoms with Crippen LogP contribution >= 0.6 is 15.9 Å². The molecule has 4 rings (SSSR count). The standard InChI is InChI=1S/C26H26BrN3O2/c1-19-7-4-10-22(17-19)32-16-6-15-30-24-12-3-2-11-23(24)29-25(30)13-14-28-26(31)20-8-5-9-21(27)18-20/h2-5,7-12,17-18H,6,13-16H2,1H3,(H,28,31). The Morgan fingerprint density at radius 2 is 1.91 bits per heavy atom. The van der Waals surface area contributed by atoms with E-state index in [2.05, 4.69) is 44.9 Å². The first-order chi connectivity index (χ1) is 15.6. The molecule has 0 saturated carbocycles. The first-order valence-corrected chi connectivity index (χ1v) is 11.6. The molecule has 1 aromatic heterocycles. The number of aromatic nitrogens is 2. The lowest BCUT2D eigenvalue weighted by atomic mass is 10.2. The number of fused-ring (bicyclic) bond motifs is 1. The molecule has 32 heavy (non-hydrogen) atoms. The predicted molar refractivity (Wildman–Crippen MR) is 131 cm³/mol. The van der Waals surface area contributed by atoms with Crippen molar-refractivity contribution in [2.24, 2.45) is 0 Å². The number of imidazole rings is 1. The smallest absolute Gasteiger partial charge is 0.251 e. The van der Waals surface area contributed by atoms with E-state index >= 15 is 0 Å². The van der Waals surface area contributed by atoms with Gasteiger partial charge < -0.3 is 14.6 Å². The second kappa shape index (κ2) is 10.5. The third-order valence-corrected chi connectivity index (χ3v) is 5.73. The van der Waals surface area contributed by atoms with Crippen molar-refractivity contribution in [2.75, 3.05) is 13.2 Å². The molecular weight excluding hydrogens is 466 g/mol. The molecule has 0 saturated heterocycles. The van der Waals surface area contributed by atoms with Gasteiger partial charge in [-0.2, -0.15) is 0 Å². The van der Waals surface area contributed by atoms with Crippen LogP contribution in [-0.2, 0) is 13.0 Å². The summed E-state index contributed by atoms with van der Waals surface area (Å²) in [5.41, 5.74) is 3.91. The second-order valence-electron chi connectivity index (χ2n) is 7.70. The summed E-state index contributed by atoms with van der Waals surface area (Å²) in [4.78, 5) is 17.2. The number of benzene rings is 3. The summed E-state index contributed by atoms with van der Waals surface area (Å²) in [5.74, 6) is 1.78. The highest BCUT2D eigenvalue weighted by Gasteiger charge is 2.11. The Balaban J connectivity index is 1.38. The number of ether oxygens (including phenoxy) is 1. The molecule has 0 spiro atoms. The Kier molecular flexibility index (Phi) is 7.22. The molecule has 5 nitrogen and oxygen atoms in total. The molecule has 0 aliphatic rings. The van der Waals surface area contributed by atoms with Gasteiger partial charge in [0.1, 0.15) is 11.6 Å². The van der Waals surface area contributed by atoms with Crippen molar-refractivity contribution in [1.82, 2.24) is 14.9 Å². The highest BCUT2D eigenvalue weighted by Crippen LogP contribution is 2.18. The van der Waals surface area contributed by atoms with E-state index in [1.54, 1.807) is 0 Å². The fraction of sp³-hybridized carbons (Fsp3) is 0.231. The lowest BCUT2D eigenvalue weighted by Gasteiger charge is -2.11. The maximum Gasteiger partial charge on any atom is 0.251 e. The number of para-hydroxylation sites is 2. The number of rotatable bonds is 9. The van der Waals surface area contributed by atoms with Crippen molar-refractivity contribution < 1.29 is 9.53 Å². The van der Waals surface area contributed by atoms with E-state index in [0.717, 1.165) is 40.0 Å². The van der Waals surface area contributed by atoms with Crippen LogP contribution in [0.1, 0.15) is 28.2 Å². The molecule has 0 bridgehead atoms. The van der Waals surface area contributed by atoms with Gasteiger partial charge in [-0.25, -0.2) is 4.98 Å². The van der Waals surface area contributed by atoms with Gasteiger partial charge in [0.2, 0.25) is 0 Å². The number of carbonyl (C=O) groups is 1. The average molecular weight is 492 g/mol. The van der Waals surface area contributed by atoms with Crippen molar-refractivity contribution in [2.45, 2.75) is 26.3 Å². The van der Waals surface area contributed by atoms with E-state index in [-0.39, 0.29) is 5.91 Å². The number of nitrogens with one attached hydrogen (secondary N) is 1. The zero-order valence-electron chi connectivity index (χ0n) is 18.1. The van der Waals surface area contributed by atoms with Crippen molar-refractivity contribution in [3.05, 3.63) is 94.2 Å². The van der Waals surface area contributed by atoms with Crippen LogP contribution in [-0.4, -0.2) is 28.6 Å². The summed E-state index contributed by atoms with van der Waals surface area (Å²) in [7, 11) is 0. The van der Waals surface area contributed by atoms with Crippen LogP contribution in [0.3, 0.4) is 0 Å². The van der Waals surface area contributed by atoms with Gasteiger partial charge in [-0.05, 0) is 61.4 Å². The van der Waals surface area contributed by atoms with E-state index in [9.17, 15) is 4.79 Å². The zero-order chi connectivity index (χ0) is 22.3. The van der Waals surface area contributed by atoms with Gasteiger partial charge in [0.15, 0.2) is 0 Å². The number of carbonyl (C=O) groups excluding carboxylic acids is 1. The molecular formula is C26H26BrN3O2. The summed E-state index contributed by atoms with van der Waals surface area (Å²) >= 11 is 3.41. The van der Waals surface area contributed by atoms with E-state index in [0.29, 0.717) is 25.1 Å². The first-order valence-electron chi connectivity index (χ1n) is 10.8. The topological polar surface area (TPSA) is 56.1 Å². The van der Waals surface area contributed by atoms with Gasteiger partial charge in [0, 0.05) is 29.5 Å². The highest BCUT2D eigenvalue weighted by molar-refractivity contribution is 9.10. The molecule has 1 heterocycles. The van der Waals surface area contributed by atoms with Crippen molar-refractivity contribution in [1.29, 1.82) is 0 Å². The Bertz CT molecular complexity index is 1220. The van der Waals surface area contributed by atoms with E-state index < -0.39 is 0 Å². The Morgan fingerprint density at radius 1 is 1.06 bits per heavy atom. The highest BCUT2D eigenvalue weighted by atomic mass is 79.9. The Morgan fingerprint density at radius 3 is 2.75 bits per heavy atom. The molecule has 0 atom stereocenters. The monoisotopic (exact) mass is 491 g/mol. The normalized spacial score (nSPS) is 10.9. The number of nitrogens with zero attached hydrogens (tertiary/aromatic N) is 2. The number of hydrogen-bond donors (Lipinski definition) is 1. The van der Waals surface area contributed by atoms with Crippen LogP contribution in [0.25, 0.3) is 11.0 Å². The van der Waals surface area contributed by atoms with Gasteiger partial charge in [-0.15, -0.1) is 0 Å². The molecule has 3 aromatic carbocycles. The third-order valence-electron chi connectivity index (χ3n) is 5.24. The van der Waals surface area contributed by atoms with Crippen LogP contribution in [0.2, 0.25) is 0 Å². The minimum Gasteiger partial charge on any atom is -0.494 e. The molecule has 164 valence electrons. The maximum atomic E-state index is 12.4. The summed E-state index contributed by atoms with van der Waals surface area (Å²) < 4.78 is 9.04. The second-order valence-corrected chi connectivity index (χ2v) is 8.62. The quantitative estimate of drug-likeness (QED) is 0.312. The Hall–Kier alpha value is -3.12. The number of aryl methyl sites for hydroxylation is 2. The number of hydrogen-bond acceptors (Lipinski definition) is 3. The van der Waals surface area contributed by atoms with Crippen molar-refractivity contribution in [3.8, 4) is 5.75 Å². The van der Waals surface area contributed by atoms with Gasteiger partial charge in [0.25, 0.3) is 5.91 Å². The molecule has 0 radical (unpaired) electrons. The van der Waals surface area contributed by atoms with Crippen molar-refractivity contribution in [3.63, 3.8) is 0 Å². The molecule has 6 heteroatoms. The van der Waals surface area contributed by atoms with Crippen LogP contribution in [0.15, 0.2) is 77.3 Å². The fourth-order valence-electron chi connectivity index (χ4n) is 3.70. The summed E-state index contributed by atoms with van der Waals surface area (Å²) in [6, 6.07) is 23.6. The van der Waals surface area contributed by atoms with Gasteiger partial charge in [-0.1, -0.05) is 46.3 Å². The Labute approximate surface area is 196 Å². The third kappa shape index (κ3) is 5.56. The minimum atomic E-state index is -0.0829. The van der Waals surface area contributed by atoms with Gasteiger partial charge in [-0.3, -0.25) is 4.79 Å². The average Bonchev–Trinajstić information content (AvgIpc) is 3.14. The maximum absolute atomic E-state index is 12.4. The lowest BCUT2D eigenvalue weighted by molar-refractivity contribution is 0.0954. The van der Waals surface area contributed by atoms with Crippen LogP contribution in [0, 0.1) is 6.92 Å². The molecule has 0 fully saturated rings. The summed E-state index contributed by atoms with van der Waals surface area (Å²) in [6.07, 6.45) is 1.53. The zero-order valence-corrected chi connectivity index (χ0v) is 19.6. The van der Waals surface area contributed by atoms with Gasteiger partial charge >= 0.3 is 0 Å². The number of amides is 1. The van der Waals surface area contributed by atoms with E-state index in [4.69, 9.17) is 9.72 Å². The minimum absolute atomic E-state index is 0.0829. The van der Waals surface area contributed by atoms with E-state index in [1.807, 2.05) is 60.7 Å². The molecule has 0 aliphatic heterocycles. The van der Waals surface area contributed by atoms with Gasteiger partial charge in [0.05, 0.1) is 17.6 Å². The summed E-state index contributed by atoms with van der Waals surface area (Å²) in [5, 5.41) is 3.00. The molecule has 1 N–H and O–H groups in total. The predicted octanol–water partition coefficient (Wildman–Crippen LogP) is 5.55. The number of halogens is 1. The molecule has 4 aromatic rings. The summed E-state index contributed by atoms with van der Waals surface area (Å²) in [6.45, 7) is 4.02. The SMILES string of the molecule is Cc1cccc(OCCCn2c(CCNC(=O)c3cccc(Br)c3)nc3ccccc32)c1. The molecule has 0 aliphatic carbocycles. The van der Waals surface area contributed by atoms with Crippen LogP contribution in [0.4, 0.5) is 0 Å². The van der Waals surface area contributed by atoms with Crippen molar-refractivity contribution >= 4 is 32.9 Å². The first kappa shape index (κ1) is 22.1. The fourth-order valence-corrected chi connectivity index (χ4v) is 4.10. The lowest BCUT2D eigenvalue weighted by Crippen LogP contribution is -2.26. The largest absolute Gasteiger partial charge is 0.494 e. The molecule has 0 unspecified atom stereocenters. The van der Waals surface area contributed by atoms with Crippen LogP contribution < -0.4 is 10.1 Å². The van der Waals surface area contributed by atoms with E-state index in [1.165, 1.54) is 5.56 Å². The van der Waals surface area contributed by atoms with Crippen LogP contribution in [0.5, 0.6) is 5.75 Å².